The van der Waals surface area contributed by atoms with Gasteiger partial charge in [0.2, 0.25) is 0 Å². The van der Waals surface area contributed by atoms with Crippen LogP contribution in [0.2, 0.25) is 0 Å². The number of likely N-dealkylation sites (N-methyl/N-ethyl adjacent to an activating group) is 1. The average molecular weight is 321 g/mol. The van der Waals surface area contributed by atoms with E-state index >= 15 is 0 Å². The van der Waals surface area contributed by atoms with Crippen molar-refractivity contribution in [2.24, 2.45) is 0 Å². The van der Waals surface area contributed by atoms with Gasteiger partial charge >= 0.3 is 5.97 Å². The van der Waals surface area contributed by atoms with Crippen molar-refractivity contribution < 1.29 is 14.6 Å². The fourth-order valence-corrected chi connectivity index (χ4v) is 2.50. The van der Waals surface area contributed by atoms with Gasteiger partial charge in [-0.25, -0.2) is 0 Å². The minimum absolute atomic E-state index is 0.0143. The van der Waals surface area contributed by atoms with E-state index < -0.39 is 0 Å². The van der Waals surface area contributed by atoms with Gasteiger partial charge in [-0.1, -0.05) is 51.5 Å². The summed E-state index contributed by atoms with van der Waals surface area (Å²) in [4.78, 5) is 13.4. The Morgan fingerprint density at radius 2 is 1.74 bits per heavy atom. The molecule has 0 fully saturated rings. The number of aromatic hydroxyl groups is 1. The first-order valence-electron chi connectivity index (χ1n) is 8.70. The van der Waals surface area contributed by atoms with Crippen molar-refractivity contribution in [1.82, 2.24) is 4.90 Å². The van der Waals surface area contributed by atoms with Gasteiger partial charge in [0.25, 0.3) is 0 Å². The molecule has 0 amide bonds. The summed E-state index contributed by atoms with van der Waals surface area (Å²) in [6.45, 7) is 2.43. The van der Waals surface area contributed by atoms with Crippen LogP contribution in [0.1, 0.15) is 57.4 Å². The number of esters is 1. The fourth-order valence-electron chi connectivity index (χ4n) is 2.50. The Kier molecular flexibility index (Phi) is 9.37. The molecule has 0 atom stereocenters. The Labute approximate surface area is 140 Å². The Morgan fingerprint density at radius 3 is 2.39 bits per heavy atom. The molecule has 0 heterocycles. The first kappa shape index (κ1) is 19.5. The van der Waals surface area contributed by atoms with Crippen LogP contribution < -0.4 is 4.74 Å². The highest BCUT2D eigenvalue weighted by Crippen LogP contribution is 2.27. The van der Waals surface area contributed by atoms with Gasteiger partial charge in [0.1, 0.15) is 0 Å². The van der Waals surface area contributed by atoms with Gasteiger partial charge in [-0.3, -0.25) is 9.69 Å². The SMILES string of the molecule is CCCCCCCCCc1ccc(O)c(OC(=O)CN(C)C)c1. The number of phenolic OH excluding ortho intramolecular Hbond substituents is 1. The number of hydrogen-bond acceptors (Lipinski definition) is 4. The van der Waals surface area contributed by atoms with E-state index in [9.17, 15) is 9.90 Å². The van der Waals surface area contributed by atoms with Gasteiger partial charge in [-0.2, -0.15) is 0 Å². The van der Waals surface area contributed by atoms with Crippen LogP contribution in [0.15, 0.2) is 18.2 Å². The minimum Gasteiger partial charge on any atom is -0.504 e. The zero-order valence-electron chi connectivity index (χ0n) is 14.8. The van der Waals surface area contributed by atoms with E-state index in [0.717, 1.165) is 18.4 Å². The van der Waals surface area contributed by atoms with Gasteiger partial charge in [-0.05, 0) is 44.6 Å². The van der Waals surface area contributed by atoms with E-state index in [1.54, 1.807) is 31.1 Å². The molecular formula is C19H31NO3. The Morgan fingerprint density at radius 1 is 1.09 bits per heavy atom. The largest absolute Gasteiger partial charge is 0.504 e. The molecule has 0 radical (unpaired) electrons. The van der Waals surface area contributed by atoms with Crippen molar-refractivity contribution in [3.8, 4) is 11.5 Å². The van der Waals surface area contributed by atoms with Crippen LogP contribution in [0, 0.1) is 0 Å². The number of carbonyl (C=O) groups is 1. The average Bonchev–Trinajstić information content (AvgIpc) is 2.48. The number of unbranched alkanes of at least 4 members (excludes halogenated alkanes) is 6. The molecule has 0 aromatic heterocycles. The summed E-state index contributed by atoms with van der Waals surface area (Å²) in [6.07, 6.45) is 9.85. The number of aryl methyl sites for hydroxylation is 1. The lowest BCUT2D eigenvalue weighted by Crippen LogP contribution is -2.25. The highest BCUT2D eigenvalue weighted by atomic mass is 16.5. The zero-order valence-corrected chi connectivity index (χ0v) is 14.8. The Balaban J connectivity index is 2.39. The summed E-state index contributed by atoms with van der Waals surface area (Å²) in [6, 6.07) is 5.28. The molecule has 1 N–H and O–H groups in total. The molecule has 0 aliphatic rings. The van der Waals surface area contributed by atoms with E-state index in [4.69, 9.17) is 4.74 Å². The summed E-state index contributed by atoms with van der Waals surface area (Å²) in [5.41, 5.74) is 1.10. The van der Waals surface area contributed by atoms with Crippen LogP contribution in [0.4, 0.5) is 0 Å². The van der Waals surface area contributed by atoms with Crippen LogP contribution in [0.25, 0.3) is 0 Å². The molecule has 1 aromatic rings. The molecule has 0 aliphatic carbocycles. The van der Waals surface area contributed by atoms with Crippen molar-refractivity contribution in [3.05, 3.63) is 23.8 Å². The number of rotatable bonds is 11. The van der Waals surface area contributed by atoms with Crippen LogP contribution in [-0.4, -0.2) is 36.6 Å². The summed E-state index contributed by atoms with van der Waals surface area (Å²) >= 11 is 0. The number of phenols is 1. The number of hydrogen-bond donors (Lipinski definition) is 1. The lowest BCUT2D eigenvalue weighted by molar-refractivity contribution is -0.135. The van der Waals surface area contributed by atoms with Gasteiger partial charge in [-0.15, -0.1) is 0 Å². The molecule has 1 aromatic carbocycles. The van der Waals surface area contributed by atoms with Crippen LogP contribution >= 0.6 is 0 Å². The molecule has 0 saturated carbocycles. The maximum Gasteiger partial charge on any atom is 0.325 e. The highest BCUT2D eigenvalue weighted by Gasteiger charge is 2.10. The van der Waals surface area contributed by atoms with E-state index in [2.05, 4.69) is 6.92 Å². The summed E-state index contributed by atoms with van der Waals surface area (Å²) < 4.78 is 5.24. The van der Waals surface area contributed by atoms with Crippen LogP contribution in [0.3, 0.4) is 0 Å². The molecule has 1 rings (SSSR count). The third-order valence-corrected chi connectivity index (χ3v) is 3.76. The summed E-state index contributed by atoms with van der Waals surface area (Å²) in [5.74, 6) is -0.0870. The smallest absolute Gasteiger partial charge is 0.325 e. The van der Waals surface area contributed by atoms with E-state index in [0.29, 0.717) is 0 Å². The molecule has 4 heteroatoms. The topological polar surface area (TPSA) is 49.8 Å². The molecular weight excluding hydrogens is 290 g/mol. The molecule has 130 valence electrons. The van der Waals surface area contributed by atoms with E-state index in [1.165, 1.54) is 38.5 Å². The predicted molar refractivity (Wildman–Crippen MR) is 94.0 cm³/mol. The quantitative estimate of drug-likeness (QED) is 0.378. The van der Waals surface area contributed by atoms with Crippen molar-refractivity contribution in [2.75, 3.05) is 20.6 Å². The molecule has 4 nitrogen and oxygen atoms in total. The lowest BCUT2D eigenvalue weighted by atomic mass is 10.0. The molecule has 0 saturated heterocycles. The summed E-state index contributed by atoms with van der Waals surface area (Å²) in [7, 11) is 3.61. The van der Waals surface area contributed by atoms with Gasteiger partial charge < -0.3 is 9.84 Å². The molecule has 0 aliphatic heterocycles. The molecule has 0 unspecified atom stereocenters. The van der Waals surface area contributed by atoms with E-state index in [-0.39, 0.29) is 24.0 Å². The molecule has 0 spiro atoms. The second-order valence-corrected chi connectivity index (χ2v) is 6.39. The highest BCUT2D eigenvalue weighted by molar-refractivity contribution is 5.75. The van der Waals surface area contributed by atoms with Crippen molar-refractivity contribution >= 4 is 5.97 Å². The second kappa shape index (κ2) is 11.1. The maximum atomic E-state index is 11.7. The number of carbonyl (C=O) groups excluding carboxylic acids is 1. The van der Waals surface area contributed by atoms with Crippen molar-refractivity contribution in [1.29, 1.82) is 0 Å². The summed E-state index contributed by atoms with van der Waals surface area (Å²) in [5, 5.41) is 9.82. The predicted octanol–water partition coefficient (Wildman–Crippen LogP) is 4.15. The monoisotopic (exact) mass is 321 g/mol. The third kappa shape index (κ3) is 8.60. The number of benzene rings is 1. The molecule has 0 bridgehead atoms. The third-order valence-electron chi connectivity index (χ3n) is 3.76. The van der Waals surface area contributed by atoms with E-state index in [1.807, 2.05) is 6.07 Å². The number of ether oxygens (including phenoxy) is 1. The second-order valence-electron chi connectivity index (χ2n) is 6.39. The number of nitrogens with zero attached hydrogens (tertiary/aromatic N) is 1. The maximum absolute atomic E-state index is 11.7. The normalized spacial score (nSPS) is 11.0. The van der Waals surface area contributed by atoms with Crippen molar-refractivity contribution in [3.63, 3.8) is 0 Å². The fraction of sp³-hybridized carbons (Fsp3) is 0.632. The van der Waals surface area contributed by atoms with Gasteiger partial charge in [0.05, 0.1) is 6.54 Å². The van der Waals surface area contributed by atoms with Crippen LogP contribution in [0.5, 0.6) is 11.5 Å². The van der Waals surface area contributed by atoms with Gasteiger partial charge in [0, 0.05) is 0 Å². The standard InChI is InChI=1S/C19H31NO3/c1-4-5-6-7-8-9-10-11-16-12-13-17(21)18(14-16)23-19(22)15-20(2)3/h12-14,21H,4-11,15H2,1-3H3. The van der Waals surface area contributed by atoms with Crippen LogP contribution in [-0.2, 0) is 11.2 Å². The van der Waals surface area contributed by atoms with Crippen molar-refractivity contribution in [2.45, 2.75) is 58.3 Å². The first-order valence-corrected chi connectivity index (χ1v) is 8.70. The zero-order chi connectivity index (χ0) is 17.1. The first-order chi connectivity index (χ1) is 11.0. The lowest BCUT2D eigenvalue weighted by Gasteiger charge is -2.11. The minimum atomic E-state index is -0.363. The van der Waals surface area contributed by atoms with Gasteiger partial charge in [0.15, 0.2) is 11.5 Å². The Hall–Kier alpha value is -1.55. The molecule has 23 heavy (non-hydrogen) atoms. The Bertz CT molecular complexity index is 472.